The second kappa shape index (κ2) is 7.46. The number of aromatic nitrogens is 3. The van der Waals surface area contributed by atoms with Crippen molar-refractivity contribution in [3.05, 3.63) is 36.4 Å². The van der Waals surface area contributed by atoms with Gasteiger partial charge in [-0.3, -0.25) is 4.79 Å². The van der Waals surface area contributed by atoms with Crippen molar-refractivity contribution in [2.24, 2.45) is 5.92 Å². The maximum absolute atomic E-state index is 12.5. The molecule has 0 atom stereocenters. The molecule has 0 spiro atoms. The summed E-state index contributed by atoms with van der Waals surface area (Å²) in [6.45, 7) is 4.33. The minimum Gasteiger partial charge on any atom is -0.361 e. The van der Waals surface area contributed by atoms with Crippen LogP contribution in [0.2, 0.25) is 0 Å². The van der Waals surface area contributed by atoms with Gasteiger partial charge in [0.25, 0.3) is 5.91 Å². The van der Waals surface area contributed by atoms with Crippen LogP contribution < -0.4 is 15.1 Å². The zero-order valence-corrected chi connectivity index (χ0v) is 14.9. The maximum atomic E-state index is 12.5. The van der Waals surface area contributed by atoms with Gasteiger partial charge in [0.1, 0.15) is 17.8 Å². The van der Waals surface area contributed by atoms with Crippen molar-refractivity contribution < 1.29 is 4.79 Å². The summed E-state index contributed by atoms with van der Waals surface area (Å²) in [4.78, 5) is 29.2. The first-order valence-corrected chi connectivity index (χ1v) is 8.54. The number of hydrogen-bond acceptors (Lipinski definition) is 6. The van der Waals surface area contributed by atoms with Gasteiger partial charge in [0.2, 0.25) is 0 Å². The topological polar surface area (TPSA) is 74.2 Å². The summed E-state index contributed by atoms with van der Waals surface area (Å²) < 4.78 is 0. The van der Waals surface area contributed by atoms with Crippen molar-refractivity contribution in [1.29, 1.82) is 0 Å². The Morgan fingerprint density at radius 3 is 2.60 bits per heavy atom. The zero-order chi connectivity index (χ0) is 17.8. The molecular weight excluding hydrogens is 316 g/mol. The van der Waals surface area contributed by atoms with Gasteiger partial charge in [-0.2, -0.15) is 0 Å². The lowest BCUT2D eigenvalue weighted by Crippen LogP contribution is -2.33. The van der Waals surface area contributed by atoms with Crippen LogP contribution in [0.5, 0.6) is 0 Å². The Balaban J connectivity index is 1.69. The molecule has 0 aliphatic carbocycles. The van der Waals surface area contributed by atoms with Crippen molar-refractivity contribution >= 4 is 23.2 Å². The summed E-state index contributed by atoms with van der Waals surface area (Å²) in [5, 5.41) is 2.85. The molecule has 1 aliphatic rings. The highest BCUT2D eigenvalue weighted by atomic mass is 16.1. The molecule has 1 aliphatic heterocycles. The Morgan fingerprint density at radius 1 is 1.20 bits per heavy atom. The van der Waals surface area contributed by atoms with Crippen molar-refractivity contribution in [3.63, 3.8) is 0 Å². The first kappa shape index (κ1) is 17.1. The highest BCUT2D eigenvalue weighted by Crippen LogP contribution is 2.22. The van der Waals surface area contributed by atoms with Crippen LogP contribution in [0.4, 0.5) is 17.3 Å². The molecule has 0 saturated carbocycles. The van der Waals surface area contributed by atoms with Gasteiger partial charge in [0, 0.05) is 33.4 Å². The number of rotatable bonds is 4. The minimum atomic E-state index is -0.218. The predicted octanol–water partition coefficient (Wildman–Crippen LogP) is 2.43. The van der Waals surface area contributed by atoms with Crippen LogP contribution >= 0.6 is 0 Å². The van der Waals surface area contributed by atoms with Crippen LogP contribution in [0.15, 0.2) is 30.9 Å². The van der Waals surface area contributed by atoms with Gasteiger partial charge in [-0.15, -0.1) is 0 Å². The fourth-order valence-corrected chi connectivity index (χ4v) is 2.91. The quantitative estimate of drug-likeness (QED) is 0.921. The number of piperidine rings is 1. The number of carbonyl (C=O) groups is 1. The molecule has 132 valence electrons. The molecule has 1 N–H and O–H groups in total. The third-order valence-corrected chi connectivity index (χ3v) is 4.48. The van der Waals surface area contributed by atoms with Gasteiger partial charge in [-0.1, -0.05) is 6.92 Å². The van der Waals surface area contributed by atoms with Crippen LogP contribution in [0, 0.1) is 5.92 Å². The molecule has 7 heteroatoms. The summed E-state index contributed by atoms with van der Waals surface area (Å²) in [5.41, 5.74) is 1.09. The average molecular weight is 340 g/mol. The van der Waals surface area contributed by atoms with E-state index in [1.807, 2.05) is 31.1 Å². The van der Waals surface area contributed by atoms with Crippen molar-refractivity contribution in [3.8, 4) is 0 Å². The predicted molar refractivity (Wildman–Crippen MR) is 99.2 cm³/mol. The van der Waals surface area contributed by atoms with Crippen LogP contribution in [0.1, 0.15) is 30.1 Å². The van der Waals surface area contributed by atoms with Crippen molar-refractivity contribution in [2.45, 2.75) is 19.8 Å². The second-order valence-electron chi connectivity index (χ2n) is 6.68. The first-order valence-electron chi connectivity index (χ1n) is 8.54. The fraction of sp³-hybridized carbons (Fsp3) is 0.444. The molecule has 25 heavy (non-hydrogen) atoms. The number of nitrogens with one attached hydrogen (secondary N) is 1. The lowest BCUT2D eigenvalue weighted by atomic mass is 9.99. The summed E-state index contributed by atoms with van der Waals surface area (Å²) in [7, 11) is 3.74. The first-order chi connectivity index (χ1) is 12.0. The summed E-state index contributed by atoms with van der Waals surface area (Å²) in [5.74, 6) is 2.15. The van der Waals surface area contributed by atoms with Gasteiger partial charge in [0.15, 0.2) is 5.82 Å². The zero-order valence-electron chi connectivity index (χ0n) is 14.9. The van der Waals surface area contributed by atoms with Gasteiger partial charge >= 0.3 is 0 Å². The number of amides is 1. The SMILES string of the molecule is CC1CCN(c2ccc(C(=O)Nc3cncnc3N(C)C)cn2)CC1. The number of nitrogens with zero attached hydrogens (tertiary/aromatic N) is 5. The third kappa shape index (κ3) is 4.04. The Morgan fingerprint density at radius 2 is 1.96 bits per heavy atom. The summed E-state index contributed by atoms with van der Waals surface area (Å²) >= 11 is 0. The molecule has 1 amide bonds. The lowest BCUT2D eigenvalue weighted by molar-refractivity contribution is 0.102. The molecule has 2 aromatic rings. The summed E-state index contributed by atoms with van der Waals surface area (Å²) in [6.07, 6.45) is 7.05. The van der Waals surface area contributed by atoms with Gasteiger partial charge in [-0.25, -0.2) is 15.0 Å². The molecule has 0 radical (unpaired) electrons. The summed E-state index contributed by atoms with van der Waals surface area (Å²) in [6, 6.07) is 3.73. The highest BCUT2D eigenvalue weighted by molar-refractivity contribution is 6.05. The second-order valence-corrected chi connectivity index (χ2v) is 6.68. The monoisotopic (exact) mass is 340 g/mol. The average Bonchev–Trinajstić information content (AvgIpc) is 2.63. The van der Waals surface area contributed by atoms with Crippen LogP contribution in [-0.2, 0) is 0 Å². The van der Waals surface area contributed by atoms with E-state index in [4.69, 9.17) is 0 Å². The molecular formula is C18H24N6O. The number of pyridine rings is 1. The Kier molecular flexibility index (Phi) is 5.11. The van der Waals surface area contributed by atoms with E-state index < -0.39 is 0 Å². The molecule has 3 rings (SSSR count). The molecule has 2 aromatic heterocycles. The van der Waals surface area contributed by atoms with E-state index in [0.29, 0.717) is 17.1 Å². The van der Waals surface area contributed by atoms with Crippen LogP contribution in [0.3, 0.4) is 0 Å². The van der Waals surface area contributed by atoms with Gasteiger partial charge in [-0.05, 0) is 30.9 Å². The van der Waals surface area contributed by atoms with Crippen molar-refractivity contribution in [1.82, 2.24) is 15.0 Å². The molecule has 3 heterocycles. The molecule has 0 bridgehead atoms. The van der Waals surface area contributed by atoms with E-state index in [-0.39, 0.29) is 5.91 Å². The molecule has 7 nitrogen and oxygen atoms in total. The number of anilines is 3. The number of carbonyl (C=O) groups excluding carboxylic acids is 1. The minimum absolute atomic E-state index is 0.218. The Bertz CT molecular complexity index is 723. The molecule has 0 unspecified atom stereocenters. The fourth-order valence-electron chi connectivity index (χ4n) is 2.91. The van der Waals surface area contributed by atoms with E-state index >= 15 is 0 Å². The van der Waals surface area contributed by atoms with Crippen LogP contribution in [0.25, 0.3) is 0 Å². The Hall–Kier alpha value is -2.70. The van der Waals surface area contributed by atoms with Crippen LogP contribution in [-0.4, -0.2) is 48.0 Å². The molecule has 1 fully saturated rings. The molecule has 0 aromatic carbocycles. The van der Waals surface area contributed by atoms with E-state index in [1.165, 1.54) is 19.2 Å². The van der Waals surface area contributed by atoms with Gasteiger partial charge in [0.05, 0.1) is 11.8 Å². The van der Waals surface area contributed by atoms with E-state index in [9.17, 15) is 4.79 Å². The number of hydrogen-bond donors (Lipinski definition) is 1. The molecule has 1 saturated heterocycles. The largest absolute Gasteiger partial charge is 0.361 e. The smallest absolute Gasteiger partial charge is 0.257 e. The Labute approximate surface area is 148 Å². The lowest BCUT2D eigenvalue weighted by Gasteiger charge is -2.31. The van der Waals surface area contributed by atoms with Crippen molar-refractivity contribution in [2.75, 3.05) is 42.3 Å². The van der Waals surface area contributed by atoms with E-state index in [2.05, 4.69) is 32.1 Å². The van der Waals surface area contributed by atoms with Gasteiger partial charge < -0.3 is 15.1 Å². The normalized spacial score (nSPS) is 15.1. The highest BCUT2D eigenvalue weighted by Gasteiger charge is 2.17. The maximum Gasteiger partial charge on any atom is 0.257 e. The van der Waals surface area contributed by atoms with E-state index in [0.717, 1.165) is 24.8 Å². The third-order valence-electron chi connectivity index (χ3n) is 4.48. The van der Waals surface area contributed by atoms with E-state index in [1.54, 1.807) is 12.4 Å². The standard InChI is InChI=1S/C18H24N6O/c1-13-6-8-24(9-7-13)16-5-4-14(10-20-16)18(25)22-15-11-19-12-21-17(15)23(2)3/h4-5,10-13H,6-9H2,1-3H3,(H,22,25).